The van der Waals surface area contributed by atoms with Gasteiger partial charge in [0.1, 0.15) is 13.3 Å². The van der Waals surface area contributed by atoms with Crippen molar-refractivity contribution in [2.45, 2.75) is 0 Å². The van der Waals surface area contributed by atoms with Crippen molar-refractivity contribution in [3.8, 4) is 0 Å². The summed E-state index contributed by atoms with van der Waals surface area (Å²) in [5.74, 6) is -0.310. The van der Waals surface area contributed by atoms with Crippen LogP contribution in [0.15, 0.2) is 0 Å². The minimum atomic E-state index is -4.10. The SMILES string of the molecule is O=S(=O)([O-])CCN1CC[NH+](CCOCO)CC1.[Na+]. The molecule has 0 amide bonds. The van der Waals surface area contributed by atoms with Crippen LogP contribution in [-0.4, -0.2) is 81.4 Å². The molecule has 0 aromatic rings. The van der Waals surface area contributed by atoms with Crippen LogP contribution in [0.25, 0.3) is 0 Å². The number of aliphatic hydroxyl groups is 1. The summed E-state index contributed by atoms with van der Waals surface area (Å²) >= 11 is 0. The topological polar surface area (TPSA) is 94.3 Å². The van der Waals surface area contributed by atoms with E-state index >= 15 is 0 Å². The van der Waals surface area contributed by atoms with Crippen LogP contribution in [0, 0.1) is 0 Å². The van der Waals surface area contributed by atoms with Crippen molar-refractivity contribution in [2.24, 2.45) is 0 Å². The molecule has 2 N–H and O–H groups in total. The fourth-order valence-corrected chi connectivity index (χ4v) is 2.35. The fraction of sp³-hybridized carbons (Fsp3) is 1.00. The van der Waals surface area contributed by atoms with Gasteiger partial charge in [0.15, 0.2) is 0 Å². The van der Waals surface area contributed by atoms with Gasteiger partial charge in [-0.3, -0.25) is 4.90 Å². The Hall–Kier alpha value is 0.750. The number of piperazine rings is 1. The molecular weight excluding hydrogens is 271 g/mol. The van der Waals surface area contributed by atoms with E-state index in [-0.39, 0.29) is 42.1 Å². The molecule has 1 fully saturated rings. The summed E-state index contributed by atoms with van der Waals surface area (Å²) in [6.07, 6.45) is 0. The van der Waals surface area contributed by atoms with E-state index < -0.39 is 10.1 Å². The van der Waals surface area contributed by atoms with Crippen LogP contribution in [-0.2, 0) is 14.9 Å². The monoisotopic (exact) mass is 291 g/mol. The molecule has 9 heteroatoms. The molecule has 0 saturated carbocycles. The Kier molecular flexibility index (Phi) is 10.0. The maximum Gasteiger partial charge on any atom is 1.00 e. The zero-order valence-corrected chi connectivity index (χ0v) is 13.6. The van der Waals surface area contributed by atoms with Gasteiger partial charge >= 0.3 is 29.6 Å². The number of nitrogens with zero attached hydrogens (tertiary/aromatic N) is 1. The Morgan fingerprint density at radius 3 is 2.44 bits per heavy atom. The summed E-state index contributed by atoms with van der Waals surface area (Å²) in [6, 6.07) is 0. The van der Waals surface area contributed by atoms with Gasteiger partial charge in [-0.2, -0.15) is 0 Å². The minimum Gasteiger partial charge on any atom is -0.748 e. The quantitative estimate of drug-likeness (QED) is 0.210. The van der Waals surface area contributed by atoms with Crippen LogP contribution in [0.3, 0.4) is 0 Å². The zero-order valence-electron chi connectivity index (χ0n) is 10.8. The first-order valence-corrected chi connectivity index (χ1v) is 7.27. The number of rotatable bonds is 7. The van der Waals surface area contributed by atoms with Crippen molar-refractivity contribution in [3.05, 3.63) is 0 Å². The van der Waals surface area contributed by atoms with Crippen LogP contribution >= 0.6 is 0 Å². The maximum absolute atomic E-state index is 10.5. The number of quaternary nitrogens is 1. The predicted octanol–water partition coefficient (Wildman–Crippen LogP) is -6.30. The second-order valence-electron chi connectivity index (χ2n) is 4.14. The summed E-state index contributed by atoms with van der Waals surface area (Å²) < 4.78 is 36.3. The molecule has 0 unspecified atom stereocenters. The van der Waals surface area contributed by atoms with E-state index in [0.29, 0.717) is 13.2 Å². The van der Waals surface area contributed by atoms with Crippen LogP contribution in [0.4, 0.5) is 0 Å². The maximum atomic E-state index is 10.5. The molecule has 1 aliphatic heterocycles. The van der Waals surface area contributed by atoms with E-state index in [1.54, 1.807) is 0 Å². The minimum absolute atomic E-state index is 0. The summed E-state index contributed by atoms with van der Waals surface area (Å²) in [5, 5.41) is 8.46. The smallest absolute Gasteiger partial charge is 0.748 e. The average Bonchev–Trinajstić information content (AvgIpc) is 2.27. The molecule has 1 heterocycles. The number of hydrogen-bond acceptors (Lipinski definition) is 6. The Balaban J connectivity index is 0.00000289. The summed E-state index contributed by atoms with van der Waals surface area (Å²) in [7, 11) is -4.10. The molecule has 1 aliphatic rings. The number of aliphatic hydroxyl groups excluding tert-OH is 1. The molecule has 0 atom stereocenters. The van der Waals surface area contributed by atoms with Gasteiger partial charge in [-0.25, -0.2) is 8.42 Å². The number of hydrogen-bond donors (Lipinski definition) is 2. The molecule has 0 aromatic heterocycles. The van der Waals surface area contributed by atoms with Gasteiger partial charge in [-0.15, -0.1) is 0 Å². The molecule has 102 valence electrons. The molecule has 0 aromatic carbocycles. The standard InChI is InChI=1S/C9H20N2O5S.Na/c12-9-16-7-5-10-1-3-11(4-2-10)6-8-17(13,14)15;/h12H,1-9H2,(H,13,14,15);/q;+1. The Bertz CT molecular complexity index is 306. The van der Waals surface area contributed by atoms with Gasteiger partial charge in [0, 0.05) is 19.6 Å². The third kappa shape index (κ3) is 8.78. The van der Waals surface area contributed by atoms with E-state index in [1.165, 1.54) is 4.90 Å². The average molecular weight is 291 g/mol. The van der Waals surface area contributed by atoms with Gasteiger partial charge in [0.25, 0.3) is 0 Å². The largest absolute Gasteiger partial charge is 1.00 e. The third-order valence-electron chi connectivity index (χ3n) is 2.91. The van der Waals surface area contributed by atoms with E-state index in [4.69, 9.17) is 9.84 Å². The summed E-state index contributed by atoms with van der Waals surface area (Å²) in [5.41, 5.74) is 0. The van der Waals surface area contributed by atoms with E-state index in [2.05, 4.69) is 0 Å². The van der Waals surface area contributed by atoms with Crippen LogP contribution in [0.5, 0.6) is 0 Å². The molecule has 0 bridgehead atoms. The summed E-state index contributed by atoms with van der Waals surface area (Å²) in [4.78, 5) is 3.37. The molecule has 18 heavy (non-hydrogen) atoms. The first kappa shape index (κ1) is 18.8. The number of nitrogens with one attached hydrogen (secondary N) is 1. The first-order valence-electron chi connectivity index (χ1n) is 5.69. The van der Waals surface area contributed by atoms with Crippen molar-refractivity contribution in [2.75, 3.05) is 58.4 Å². The predicted molar refractivity (Wildman–Crippen MR) is 59.6 cm³/mol. The van der Waals surface area contributed by atoms with Crippen molar-refractivity contribution in [1.82, 2.24) is 4.90 Å². The Labute approximate surface area is 130 Å². The molecule has 7 nitrogen and oxygen atoms in total. The van der Waals surface area contributed by atoms with Gasteiger partial charge in [-0.05, 0) is 0 Å². The molecule has 0 spiro atoms. The van der Waals surface area contributed by atoms with Crippen LogP contribution in [0.2, 0.25) is 0 Å². The van der Waals surface area contributed by atoms with Gasteiger partial charge in [0.05, 0.1) is 35.6 Å². The number of ether oxygens (including phenoxy) is 1. The van der Waals surface area contributed by atoms with Gasteiger partial charge in [-0.1, -0.05) is 0 Å². The molecule has 1 rings (SSSR count). The Morgan fingerprint density at radius 2 is 1.94 bits per heavy atom. The summed E-state index contributed by atoms with van der Waals surface area (Å²) in [6.45, 7) is 4.86. The second-order valence-corrected chi connectivity index (χ2v) is 5.66. The van der Waals surface area contributed by atoms with Crippen molar-refractivity contribution >= 4 is 10.1 Å². The molecular formula is C9H20N2NaO5S+. The van der Waals surface area contributed by atoms with Crippen molar-refractivity contribution in [1.29, 1.82) is 0 Å². The second kappa shape index (κ2) is 9.62. The normalized spacial score (nSPS) is 18.6. The molecule has 0 aliphatic carbocycles. The van der Waals surface area contributed by atoms with E-state index in [0.717, 1.165) is 32.7 Å². The van der Waals surface area contributed by atoms with Gasteiger partial charge < -0.3 is 19.3 Å². The zero-order chi connectivity index (χ0) is 12.7. The molecule has 0 radical (unpaired) electrons. The Morgan fingerprint density at radius 1 is 1.33 bits per heavy atom. The first-order chi connectivity index (χ1) is 8.01. The van der Waals surface area contributed by atoms with E-state index in [1.807, 2.05) is 4.90 Å². The van der Waals surface area contributed by atoms with Gasteiger partial charge in [0.2, 0.25) is 0 Å². The van der Waals surface area contributed by atoms with Crippen molar-refractivity contribution in [3.63, 3.8) is 0 Å². The van der Waals surface area contributed by atoms with Crippen LogP contribution < -0.4 is 34.5 Å². The van der Waals surface area contributed by atoms with Crippen molar-refractivity contribution < 1.29 is 57.3 Å². The molecule has 1 saturated heterocycles. The van der Waals surface area contributed by atoms with E-state index in [9.17, 15) is 13.0 Å². The third-order valence-corrected chi connectivity index (χ3v) is 3.59. The fourth-order valence-electron chi connectivity index (χ4n) is 1.86. The van der Waals surface area contributed by atoms with Crippen LogP contribution in [0.1, 0.15) is 0 Å².